The first-order valence-electron chi connectivity index (χ1n) is 11.1. The van der Waals surface area contributed by atoms with Crippen LogP contribution in [0.2, 0.25) is 0 Å². The van der Waals surface area contributed by atoms with Gasteiger partial charge in [-0.15, -0.1) is 0 Å². The monoisotopic (exact) mass is 463 g/mol. The van der Waals surface area contributed by atoms with Crippen LogP contribution in [-0.2, 0) is 6.42 Å². The zero-order valence-electron chi connectivity index (χ0n) is 18.5. The van der Waals surface area contributed by atoms with E-state index in [0.717, 1.165) is 54.2 Å². The Morgan fingerprint density at radius 2 is 1.70 bits per heavy atom. The van der Waals surface area contributed by atoms with Crippen molar-refractivity contribution in [2.24, 2.45) is 0 Å². The average molecular weight is 464 g/mol. The van der Waals surface area contributed by atoms with E-state index in [0.29, 0.717) is 23.2 Å². The minimum absolute atomic E-state index is 0.0665. The maximum Gasteiger partial charge on any atom is 0.251 e. The number of halogens is 1. The number of aromatic nitrogens is 1. The largest absolute Gasteiger partial charge is 0.383 e. The average Bonchev–Trinajstić information content (AvgIpc) is 2.81. The first kappa shape index (κ1) is 21.9. The van der Waals surface area contributed by atoms with Crippen LogP contribution < -0.4 is 11.1 Å². The summed E-state index contributed by atoms with van der Waals surface area (Å²) in [7, 11) is 2.14. The van der Waals surface area contributed by atoms with Gasteiger partial charge in [-0.2, -0.15) is 4.39 Å². The Labute approximate surface area is 197 Å². The third kappa shape index (κ3) is 4.59. The highest BCUT2D eigenvalue weighted by Crippen LogP contribution is 2.34. The van der Waals surface area contributed by atoms with Crippen molar-refractivity contribution in [3.63, 3.8) is 0 Å². The van der Waals surface area contributed by atoms with E-state index < -0.39 is 5.95 Å². The van der Waals surface area contributed by atoms with Crippen molar-refractivity contribution in [3.05, 3.63) is 65.6 Å². The van der Waals surface area contributed by atoms with Crippen LogP contribution >= 0.6 is 11.9 Å². The maximum atomic E-state index is 14.8. The second-order valence-corrected chi connectivity index (χ2v) is 9.66. The Hall–Kier alpha value is -2.94. The minimum atomic E-state index is -0.590. The van der Waals surface area contributed by atoms with Gasteiger partial charge < -0.3 is 16.0 Å². The fraction of sp³-hybridized carbons (Fsp3) is 0.280. The summed E-state index contributed by atoms with van der Waals surface area (Å²) in [6.07, 6.45) is 0.753. The lowest BCUT2D eigenvalue weighted by Crippen LogP contribution is -2.40. The number of hydrogen-bond donors (Lipinski definition) is 2. The molecule has 3 heterocycles. The number of pyridine rings is 1. The summed E-state index contributed by atoms with van der Waals surface area (Å²) >= 11 is 1.74. The third-order valence-corrected chi connectivity index (χ3v) is 7.31. The Morgan fingerprint density at radius 1 is 0.970 bits per heavy atom. The van der Waals surface area contributed by atoms with Gasteiger partial charge in [0.1, 0.15) is 5.82 Å². The van der Waals surface area contributed by atoms with E-state index in [9.17, 15) is 9.18 Å². The maximum absolute atomic E-state index is 14.8. The van der Waals surface area contributed by atoms with E-state index in [2.05, 4.69) is 26.6 Å². The van der Waals surface area contributed by atoms with E-state index >= 15 is 0 Å². The van der Waals surface area contributed by atoms with Crippen molar-refractivity contribution in [2.75, 3.05) is 45.5 Å². The van der Waals surface area contributed by atoms with Gasteiger partial charge in [0.25, 0.3) is 5.91 Å². The first-order valence-corrected chi connectivity index (χ1v) is 11.8. The van der Waals surface area contributed by atoms with Gasteiger partial charge in [-0.1, -0.05) is 24.3 Å². The van der Waals surface area contributed by atoms with Crippen LogP contribution in [0, 0.1) is 5.95 Å². The van der Waals surface area contributed by atoms with Crippen LogP contribution in [0.5, 0.6) is 0 Å². The molecule has 6 nitrogen and oxygen atoms in total. The van der Waals surface area contributed by atoms with Crippen molar-refractivity contribution in [2.45, 2.75) is 11.3 Å². The number of carbonyl (C=O) groups excluding carboxylic acids is 1. The third-order valence-electron chi connectivity index (χ3n) is 6.21. The van der Waals surface area contributed by atoms with E-state index in [1.165, 1.54) is 0 Å². The number of nitrogen functional groups attached to an aromatic ring is 1. The van der Waals surface area contributed by atoms with Gasteiger partial charge in [0, 0.05) is 54.3 Å². The standard InChI is InChI=1S/C25H26FN5OS/c1-30-10-12-31(13-11-30)33-19-5-2-16(3-6-19)21-15-22(24(27)29-23(21)26)17-4-7-20-18(14-17)8-9-28-25(20)32/h2-7,14-15H,8-13H2,1H3,(H2,27,29)(H,28,32). The molecule has 0 atom stereocenters. The number of likely N-dealkylation sites (N-methyl/N-ethyl adjacent to an activating group) is 1. The van der Waals surface area contributed by atoms with Gasteiger partial charge in [0.05, 0.1) is 0 Å². The zero-order chi connectivity index (χ0) is 22.9. The molecule has 0 spiro atoms. The molecule has 170 valence electrons. The minimum Gasteiger partial charge on any atom is -0.383 e. The predicted molar refractivity (Wildman–Crippen MR) is 130 cm³/mol. The van der Waals surface area contributed by atoms with Crippen molar-refractivity contribution in [1.29, 1.82) is 0 Å². The molecule has 2 aromatic carbocycles. The molecule has 3 N–H and O–H groups in total. The number of fused-ring (bicyclic) bond motifs is 1. The molecule has 1 amide bonds. The molecule has 3 aromatic rings. The normalized spacial score (nSPS) is 17.0. The molecule has 0 radical (unpaired) electrons. The molecule has 0 unspecified atom stereocenters. The fourth-order valence-corrected chi connectivity index (χ4v) is 5.16. The molecule has 2 aliphatic heterocycles. The number of anilines is 1. The number of piperazine rings is 1. The van der Waals surface area contributed by atoms with Gasteiger partial charge in [-0.25, -0.2) is 9.29 Å². The molecule has 2 aliphatic rings. The van der Waals surface area contributed by atoms with Crippen molar-refractivity contribution in [3.8, 4) is 22.3 Å². The van der Waals surface area contributed by atoms with Crippen molar-refractivity contribution < 1.29 is 9.18 Å². The number of nitrogens with one attached hydrogen (secondary N) is 1. The van der Waals surface area contributed by atoms with Gasteiger partial charge in [0.15, 0.2) is 0 Å². The SMILES string of the molecule is CN1CCN(Sc2ccc(-c3cc(-c4ccc5c(c4)CCNC5=O)c(N)nc3F)cc2)CC1. The lowest BCUT2D eigenvalue weighted by atomic mass is 9.94. The van der Waals surface area contributed by atoms with Crippen LogP contribution in [-0.4, -0.2) is 59.9 Å². The van der Waals surface area contributed by atoms with Gasteiger partial charge in [-0.3, -0.25) is 4.79 Å². The Balaban J connectivity index is 1.41. The molecular weight excluding hydrogens is 437 g/mol. The number of nitrogens with zero attached hydrogens (tertiary/aromatic N) is 3. The van der Waals surface area contributed by atoms with Gasteiger partial charge in [-0.05, 0) is 66.4 Å². The summed E-state index contributed by atoms with van der Waals surface area (Å²) in [6.45, 7) is 4.76. The van der Waals surface area contributed by atoms with E-state index in [1.54, 1.807) is 24.1 Å². The number of rotatable bonds is 4. The molecule has 5 rings (SSSR count). The molecule has 0 saturated carbocycles. The number of benzene rings is 2. The molecule has 8 heteroatoms. The highest BCUT2D eigenvalue weighted by Gasteiger charge is 2.19. The number of hydrogen-bond acceptors (Lipinski definition) is 6. The van der Waals surface area contributed by atoms with Gasteiger partial charge in [0.2, 0.25) is 5.95 Å². The van der Waals surface area contributed by atoms with Gasteiger partial charge >= 0.3 is 0 Å². The number of carbonyl (C=O) groups is 1. The highest BCUT2D eigenvalue weighted by molar-refractivity contribution is 7.97. The fourth-order valence-electron chi connectivity index (χ4n) is 4.26. The second kappa shape index (κ2) is 9.13. The summed E-state index contributed by atoms with van der Waals surface area (Å²) < 4.78 is 17.2. The summed E-state index contributed by atoms with van der Waals surface area (Å²) in [5.41, 5.74) is 10.4. The molecular formula is C25H26FN5OS. The van der Waals surface area contributed by atoms with Crippen LogP contribution in [0.4, 0.5) is 10.2 Å². The number of nitrogens with two attached hydrogens (primary N) is 1. The summed E-state index contributed by atoms with van der Waals surface area (Å²) in [5.74, 6) is -0.519. The van der Waals surface area contributed by atoms with Crippen LogP contribution in [0.3, 0.4) is 0 Å². The molecule has 1 aromatic heterocycles. The summed E-state index contributed by atoms with van der Waals surface area (Å²) in [5, 5.41) is 2.85. The smallest absolute Gasteiger partial charge is 0.251 e. The predicted octanol–water partition coefficient (Wildman–Crippen LogP) is 3.68. The summed E-state index contributed by atoms with van der Waals surface area (Å²) in [6, 6.07) is 15.2. The van der Waals surface area contributed by atoms with E-state index in [4.69, 9.17) is 5.73 Å². The lowest BCUT2D eigenvalue weighted by molar-refractivity contribution is 0.0946. The summed E-state index contributed by atoms with van der Waals surface area (Å²) in [4.78, 5) is 19.5. The molecule has 0 bridgehead atoms. The van der Waals surface area contributed by atoms with E-state index in [1.807, 2.05) is 36.4 Å². The zero-order valence-corrected chi connectivity index (χ0v) is 19.3. The van der Waals surface area contributed by atoms with Crippen molar-refractivity contribution in [1.82, 2.24) is 19.5 Å². The molecule has 1 saturated heterocycles. The quantitative estimate of drug-likeness (QED) is 0.454. The topological polar surface area (TPSA) is 74.5 Å². The molecule has 1 fully saturated rings. The first-order chi connectivity index (χ1) is 16.0. The molecule has 0 aliphatic carbocycles. The second-order valence-electron chi connectivity index (χ2n) is 8.49. The Kier molecular flexibility index (Phi) is 6.05. The van der Waals surface area contributed by atoms with E-state index in [-0.39, 0.29) is 11.7 Å². The lowest BCUT2D eigenvalue weighted by Gasteiger charge is -2.31. The van der Waals surface area contributed by atoms with Crippen molar-refractivity contribution >= 4 is 23.7 Å². The van der Waals surface area contributed by atoms with Crippen LogP contribution in [0.1, 0.15) is 15.9 Å². The number of amides is 1. The van der Waals surface area contributed by atoms with Crippen LogP contribution in [0.25, 0.3) is 22.3 Å². The Morgan fingerprint density at radius 3 is 2.45 bits per heavy atom. The Bertz CT molecular complexity index is 1190. The molecule has 33 heavy (non-hydrogen) atoms. The van der Waals surface area contributed by atoms with Crippen LogP contribution in [0.15, 0.2) is 53.4 Å². The highest BCUT2D eigenvalue weighted by atomic mass is 32.2.